The Kier molecular flexibility index (Phi) is 6.97. The molecule has 0 aromatic carbocycles. The van der Waals surface area contributed by atoms with E-state index in [1.54, 1.807) is 11.8 Å². The lowest BCUT2D eigenvalue weighted by Crippen LogP contribution is -2.48. The van der Waals surface area contributed by atoms with Gasteiger partial charge in [-0.1, -0.05) is 19.8 Å². The SMILES string of the molecule is CCC1CCCCCN1C(=O)[C@@H](N)CCSC. The molecule has 1 aliphatic rings. The summed E-state index contributed by atoms with van der Waals surface area (Å²) in [7, 11) is 0. The van der Waals surface area contributed by atoms with Crippen LogP contribution in [0.15, 0.2) is 0 Å². The molecule has 100 valence electrons. The number of carbonyl (C=O) groups excluding carboxylic acids is 1. The second-order valence-corrected chi connectivity index (χ2v) is 5.82. The lowest BCUT2D eigenvalue weighted by atomic mass is 10.1. The van der Waals surface area contributed by atoms with Gasteiger partial charge in [0.2, 0.25) is 5.91 Å². The van der Waals surface area contributed by atoms with Crippen molar-refractivity contribution in [1.82, 2.24) is 4.90 Å². The zero-order valence-corrected chi connectivity index (χ0v) is 12.0. The van der Waals surface area contributed by atoms with Gasteiger partial charge in [0, 0.05) is 12.6 Å². The van der Waals surface area contributed by atoms with Gasteiger partial charge in [-0.3, -0.25) is 4.79 Å². The molecule has 2 atom stereocenters. The minimum atomic E-state index is -0.297. The summed E-state index contributed by atoms with van der Waals surface area (Å²) in [5.41, 5.74) is 6.00. The molecule has 1 fully saturated rings. The first-order chi connectivity index (χ1) is 8.20. The fraction of sp³-hybridized carbons (Fsp3) is 0.923. The summed E-state index contributed by atoms with van der Waals surface area (Å²) in [4.78, 5) is 14.4. The first kappa shape index (κ1) is 14.8. The molecule has 0 aliphatic carbocycles. The fourth-order valence-corrected chi connectivity index (χ4v) is 2.96. The van der Waals surface area contributed by atoms with Crippen molar-refractivity contribution >= 4 is 17.7 Å². The number of nitrogens with zero attached hydrogens (tertiary/aromatic N) is 1. The second-order valence-electron chi connectivity index (χ2n) is 4.83. The van der Waals surface area contributed by atoms with Gasteiger partial charge >= 0.3 is 0 Å². The van der Waals surface area contributed by atoms with E-state index in [0.717, 1.165) is 38.0 Å². The summed E-state index contributed by atoms with van der Waals surface area (Å²) in [6.45, 7) is 3.08. The van der Waals surface area contributed by atoms with E-state index < -0.39 is 0 Å². The van der Waals surface area contributed by atoms with Crippen LogP contribution in [-0.2, 0) is 4.79 Å². The molecule has 0 radical (unpaired) electrons. The minimum absolute atomic E-state index is 0.174. The van der Waals surface area contributed by atoms with Gasteiger partial charge in [0.05, 0.1) is 6.04 Å². The molecule has 0 saturated carbocycles. The van der Waals surface area contributed by atoms with Crippen molar-refractivity contribution in [3.05, 3.63) is 0 Å². The van der Waals surface area contributed by atoms with Crippen LogP contribution in [0.5, 0.6) is 0 Å². The molecule has 1 unspecified atom stereocenters. The highest BCUT2D eigenvalue weighted by molar-refractivity contribution is 7.98. The topological polar surface area (TPSA) is 46.3 Å². The fourth-order valence-electron chi connectivity index (χ4n) is 2.47. The van der Waals surface area contributed by atoms with E-state index in [9.17, 15) is 4.79 Å². The number of carbonyl (C=O) groups is 1. The molecule has 0 aromatic heterocycles. The molecule has 1 amide bonds. The number of likely N-dealkylation sites (tertiary alicyclic amines) is 1. The third-order valence-corrected chi connectivity index (χ3v) is 4.23. The molecule has 1 aliphatic heterocycles. The highest BCUT2D eigenvalue weighted by Gasteiger charge is 2.27. The Morgan fingerprint density at radius 3 is 2.88 bits per heavy atom. The standard InChI is InChI=1S/C13H26N2OS/c1-3-11-7-5-4-6-9-15(11)13(16)12(14)8-10-17-2/h11-12H,3-10,14H2,1-2H3/t11?,12-/m0/s1. The molecule has 0 spiro atoms. The maximum absolute atomic E-state index is 12.3. The summed E-state index contributed by atoms with van der Waals surface area (Å²) < 4.78 is 0. The first-order valence-electron chi connectivity index (χ1n) is 6.75. The monoisotopic (exact) mass is 258 g/mol. The third kappa shape index (κ3) is 4.51. The molecule has 2 N–H and O–H groups in total. The predicted octanol–water partition coefficient (Wildman–Crippen LogP) is 2.25. The average Bonchev–Trinajstić information content (AvgIpc) is 2.59. The van der Waals surface area contributed by atoms with E-state index >= 15 is 0 Å². The van der Waals surface area contributed by atoms with Crippen molar-refractivity contribution in [2.75, 3.05) is 18.6 Å². The van der Waals surface area contributed by atoms with E-state index in [4.69, 9.17) is 5.73 Å². The van der Waals surface area contributed by atoms with Crippen LogP contribution in [0.3, 0.4) is 0 Å². The molecule has 0 bridgehead atoms. The van der Waals surface area contributed by atoms with Gasteiger partial charge < -0.3 is 10.6 Å². The zero-order chi connectivity index (χ0) is 12.7. The number of hydrogen-bond donors (Lipinski definition) is 1. The molecule has 17 heavy (non-hydrogen) atoms. The van der Waals surface area contributed by atoms with Gasteiger partial charge in [-0.2, -0.15) is 11.8 Å². The Balaban J connectivity index is 2.56. The highest BCUT2D eigenvalue weighted by Crippen LogP contribution is 2.20. The summed E-state index contributed by atoms with van der Waals surface area (Å²) in [5.74, 6) is 1.14. The number of rotatable bonds is 5. The quantitative estimate of drug-likeness (QED) is 0.822. The third-order valence-electron chi connectivity index (χ3n) is 3.58. The predicted molar refractivity (Wildman–Crippen MR) is 75.2 cm³/mol. The first-order valence-corrected chi connectivity index (χ1v) is 8.15. The second kappa shape index (κ2) is 7.98. The van der Waals surface area contributed by atoms with Gasteiger partial charge in [-0.15, -0.1) is 0 Å². The van der Waals surface area contributed by atoms with Crippen molar-refractivity contribution in [3.63, 3.8) is 0 Å². The Bertz CT molecular complexity index is 235. The number of amides is 1. The largest absolute Gasteiger partial charge is 0.338 e. The van der Waals surface area contributed by atoms with Crippen molar-refractivity contribution < 1.29 is 4.79 Å². The van der Waals surface area contributed by atoms with E-state index in [0.29, 0.717) is 6.04 Å². The lowest BCUT2D eigenvalue weighted by Gasteiger charge is -2.31. The Morgan fingerprint density at radius 2 is 2.24 bits per heavy atom. The lowest BCUT2D eigenvalue weighted by molar-refractivity contribution is -0.135. The van der Waals surface area contributed by atoms with Crippen molar-refractivity contribution in [2.24, 2.45) is 5.73 Å². The van der Waals surface area contributed by atoms with Crippen LogP contribution in [-0.4, -0.2) is 41.4 Å². The normalized spacial score (nSPS) is 23.2. The van der Waals surface area contributed by atoms with Gasteiger partial charge in [0.25, 0.3) is 0 Å². The molecule has 3 nitrogen and oxygen atoms in total. The molecular formula is C13H26N2OS. The maximum Gasteiger partial charge on any atom is 0.239 e. The van der Waals surface area contributed by atoms with E-state index in [1.165, 1.54) is 12.8 Å². The van der Waals surface area contributed by atoms with Gasteiger partial charge in [-0.25, -0.2) is 0 Å². The Hall–Kier alpha value is -0.220. The smallest absolute Gasteiger partial charge is 0.239 e. The number of hydrogen-bond acceptors (Lipinski definition) is 3. The van der Waals surface area contributed by atoms with Gasteiger partial charge in [0.1, 0.15) is 0 Å². The molecule has 1 rings (SSSR count). The van der Waals surface area contributed by atoms with Crippen LogP contribution in [0.4, 0.5) is 0 Å². The van der Waals surface area contributed by atoms with Crippen molar-refractivity contribution in [2.45, 2.75) is 57.5 Å². The summed E-state index contributed by atoms with van der Waals surface area (Å²) in [6, 6.07) is 0.125. The minimum Gasteiger partial charge on any atom is -0.338 e. The van der Waals surface area contributed by atoms with E-state index in [-0.39, 0.29) is 11.9 Å². The molecule has 1 saturated heterocycles. The van der Waals surface area contributed by atoms with Crippen LogP contribution in [0.1, 0.15) is 45.4 Å². The van der Waals surface area contributed by atoms with Crippen LogP contribution in [0, 0.1) is 0 Å². The molecule has 1 heterocycles. The molecule has 4 heteroatoms. The highest BCUT2D eigenvalue weighted by atomic mass is 32.2. The zero-order valence-electron chi connectivity index (χ0n) is 11.2. The molecular weight excluding hydrogens is 232 g/mol. The average molecular weight is 258 g/mol. The van der Waals surface area contributed by atoms with Crippen LogP contribution < -0.4 is 5.73 Å². The van der Waals surface area contributed by atoms with Gasteiger partial charge in [-0.05, 0) is 37.7 Å². The van der Waals surface area contributed by atoms with Crippen molar-refractivity contribution in [3.8, 4) is 0 Å². The molecule has 0 aromatic rings. The Labute approximate surface area is 109 Å². The number of nitrogens with two attached hydrogens (primary N) is 1. The van der Waals surface area contributed by atoms with Crippen LogP contribution in [0.25, 0.3) is 0 Å². The van der Waals surface area contributed by atoms with Gasteiger partial charge in [0.15, 0.2) is 0 Å². The van der Waals surface area contributed by atoms with Crippen LogP contribution in [0.2, 0.25) is 0 Å². The van der Waals surface area contributed by atoms with Crippen LogP contribution >= 0.6 is 11.8 Å². The summed E-state index contributed by atoms with van der Waals surface area (Å²) in [6.07, 6.45) is 8.70. The number of thioether (sulfide) groups is 1. The Morgan fingerprint density at radius 1 is 1.47 bits per heavy atom. The van der Waals surface area contributed by atoms with E-state index in [2.05, 4.69) is 18.1 Å². The summed E-state index contributed by atoms with van der Waals surface area (Å²) in [5, 5.41) is 0. The van der Waals surface area contributed by atoms with E-state index in [1.807, 2.05) is 0 Å². The maximum atomic E-state index is 12.3. The van der Waals surface area contributed by atoms with Crippen molar-refractivity contribution in [1.29, 1.82) is 0 Å². The summed E-state index contributed by atoms with van der Waals surface area (Å²) >= 11 is 1.75.